The van der Waals surface area contributed by atoms with Gasteiger partial charge in [-0.15, -0.1) is 0 Å². The van der Waals surface area contributed by atoms with Crippen molar-refractivity contribution in [3.05, 3.63) is 12.2 Å². The van der Waals surface area contributed by atoms with Crippen molar-refractivity contribution < 1.29 is 0 Å². The average molecular weight is 373 g/mol. The Morgan fingerprint density at radius 1 is 0.333 bits per heavy atom. The van der Waals surface area contributed by atoms with Gasteiger partial charge in [-0.3, -0.25) is 0 Å². The Kier molecular flexibility index (Phi) is 23.9. The normalized spacial score (nSPS) is 11.6. The highest BCUT2D eigenvalue weighted by molar-refractivity contribution is 7.80. The van der Waals surface area contributed by atoms with Crippen molar-refractivity contribution in [1.82, 2.24) is 0 Å². The van der Waals surface area contributed by atoms with Crippen LogP contribution in [0, 0.1) is 0 Å². The van der Waals surface area contributed by atoms with Gasteiger partial charge in [-0.1, -0.05) is 89.2 Å². The topological polar surface area (TPSA) is 0 Å². The standard InChI is InChI=1S/C22H44S2/c23-21-19-17-15-13-11-9-7-5-3-1-2-4-6-8-10-12-14-16-18-20-22-24/h1-2,23-24H,3-22H2/b2-1+. The van der Waals surface area contributed by atoms with Crippen molar-refractivity contribution in [2.24, 2.45) is 0 Å². The van der Waals surface area contributed by atoms with E-state index in [0.717, 1.165) is 11.5 Å². The molecule has 0 bridgehead atoms. The minimum atomic E-state index is 1.06. The van der Waals surface area contributed by atoms with Gasteiger partial charge in [0.25, 0.3) is 0 Å². The fourth-order valence-corrected chi connectivity index (χ4v) is 3.55. The molecule has 0 aliphatic carbocycles. The van der Waals surface area contributed by atoms with Crippen LogP contribution in [0.1, 0.15) is 116 Å². The quantitative estimate of drug-likeness (QED) is 0.120. The fraction of sp³-hybridized carbons (Fsp3) is 0.909. The maximum Gasteiger partial charge on any atom is -0.00979 e. The Bertz CT molecular complexity index is 214. The minimum absolute atomic E-state index is 1.06. The van der Waals surface area contributed by atoms with Crippen LogP contribution in [0.3, 0.4) is 0 Å². The van der Waals surface area contributed by atoms with Gasteiger partial charge in [-0.25, -0.2) is 0 Å². The zero-order valence-corrected chi connectivity index (χ0v) is 18.0. The summed E-state index contributed by atoms with van der Waals surface area (Å²) in [6.07, 6.45) is 29.8. The first kappa shape index (κ1) is 24.4. The van der Waals surface area contributed by atoms with Crippen molar-refractivity contribution in [3.63, 3.8) is 0 Å². The van der Waals surface area contributed by atoms with E-state index in [-0.39, 0.29) is 0 Å². The van der Waals surface area contributed by atoms with Crippen LogP contribution in [0.25, 0.3) is 0 Å². The summed E-state index contributed by atoms with van der Waals surface area (Å²) >= 11 is 8.51. The number of hydrogen-bond acceptors (Lipinski definition) is 2. The van der Waals surface area contributed by atoms with Crippen molar-refractivity contribution in [2.75, 3.05) is 11.5 Å². The predicted octanol–water partition coefficient (Wildman–Crippen LogP) is 8.42. The van der Waals surface area contributed by atoms with E-state index in [1.54, 1.807) is 0 Å². The van der Waals surface area contributed by atoms with Crippen molar-refractivity contribution in [3.8, 4) is 0 Å². The van der Waals surface area contributed by atoms with E-state index in [0.29, 0.717) is 0 Å². The van der Waals surface area contributed by atoms with Crippen molar-refractivity contribution in [2.45, 2.75) is 116 Å². The third-order valence-electron chi connectivity index (χ3n) is 4.72. The van der Waals surface area contributed by atoms with Crippen LogP contribution in [-0.4, -0.2) is 11.5 Å². The summed E-state index contributed by atoms with van der Waals surface area (Å²) in [5.41, 5.74) is 0. The Morgan fingerprint density at radius 2 is 0.583 bits per heavy atom. The fourth-order valence-electron chi connectivity index (χ4n) is 3.11. The Morgan fingerprint density at radius 3 is 0.875 bits per heavy atom. The summed E-state index contributed by atoms with van der Waals surface area (Å²) < 4.78 is 0. The minimum Gasteiger partial charge on any atom is -0.179 e. The first-order valence-electron chi connectivity index (χ1n) is 10.8. The molecule has 0 nitrogen and oxygen atoms in total. The lowest BCUT2D eigenvalue weighted by molar-refractivity contribution is 0.576. The van der Waals surface area contributed by atoms with Gasteiger partial charge in [-0.05, 0) is 50.0 Å². The largest absolute Gasteiger partial charge is 0.179 e. The first-order chi connectivity index (χ1) is 11.9. The second-order valence-corrected chi connectivity index (χ2v) is 8.05. The van der Waals surface area contributed by atoms with E-state index in [1.165, 1.54) is 116 Å². The molecule has 24 heavy (non-hydrogen) atoms. The van der Waals surface area contributed by atoms with E-state index in [4.69, 9.17) is 0 Å². The van der Waals surface area contributed by atoms with Crippen molar-refractivity contribution in [1.29, 1.82) is 0 Å². The van der Waals surface area contributed by atoms with Crippen LogP contribution < -0.4 is 0 Å². The molecule has 0 N–H and O–H groups in total. The Hall–Kier alpha value is 0.440. The molecular formula is C22H44S2. The summed E-state index contributed by atoms with van der Waals surface area (Å²) in [7, 11) is 0. The van der Waals surface area contributed by atoms with Gasteiger partial charge in [0.2, 0.25) is 0 Å². The Labute approximate surface area is 164 Å². The number of thiol groups is 2. The summed E-state index contributed by atoms with van der Waals surface area (Å²) in [4.78, 5) is 0. The monoisotopic (exact) mass is 372 g/mol. The van der Waals surface area contributed by atoms with E-state index in [2.05, 4.69) is 37.4 Å². The van der Waals surface area contributed by atoms with E-state index in [1.807, 2.05) is 0 Å². The van der Waals surface area contributed by atoms with Gasteiger partial charge in [0.15, 0.2) is 0 Å². The molecule has 0 aromatic carbocycles. The lowest BCUT2D eigenvalue weighted by Crippen LogP contribution is -1.82. The number of hydrogen-bond donors (Lipinski definition) is 2. The molecule has 0 rings (SSSR count). The molecule has 0 saturated carbocycles. The van der Waals surface area contributed by atoms with Crippen LogP contribution >= 0.6 is 25.3 Å². The van der Waals surface area contributed by atoms with Gasteiger partial charge >= 0.3 is 0 Å². The molecule has 0 aromatic heterocycles. The van der Waals surface area contributed by atoms with Crippen LogP contribution in [0.4, 0.5) is 0 Å². The molecule has 0 saturated heterocycles. The molecule has 0 aliphatic heterocycles. The summed E-state index contributed by atoms with van der Waals surface area (Å²) in [6.45, 7) is 0. The molecule has 0 aromatic rings. The number of rotatable bonds is 20. The van der Waals surface area contributed by atoms with Crippen LogP contribution in [0.5, 0.6) is 0 Å². The third-order valence-corrected chi connectivity index (χ3v) is 5.36. The average Bonchev–Trinajstić information content (AvgIpc) is 2.60. The van der Waals surface area contributed by atoms with Crippen LogP contribution in [0.15, 0.2) is 12.2 Å². The third kappa shape index (κ3) is 22.4. The van der Waals surface area contributed by atoms with Gasteiger partial charge in [0.05, 0.1) is 0 Å². The smallest absolute Gasteiger partial charge is 0.00979 e. The number of allylic oxidation sites excluding steroid dienone is 2. The molecule has 2 heteroatoms. The van der Waals surface area contributed by atoms with Crippen molar-refractivity contribution >= 4 is 25.3 Å². The highest BCUT2D eigenvalue weighted by Crippen LogP contribution is 2.12. The first-order valence-corrected chi connectivity index (χ1v) is 12.0. The molecule has 0 atom stereocenters. The van der Waals surface area contributed by atoms with E-state index < -0.39 is 0 Å². The second kappa shape index (κ2) is 23.4. The lowest BCUT2D eigenvalue weighted by atomic mass is 10.1. The van der Waals surface area contributed by atoms with Gasteiger partial charge < -0.3 is 0 Å². The zero-order chi connectivity index (χ0) is 17.6. The SMILES string of the molecule is SCCCCCCCCCC/C=C/CCCCCCCCCCS. The Balaban J connectivity index is 3.04. The highest BCUT2D eigenvalue weighted by atomic mass is 32.1. The maximum absolute atomic E-state index is 4.25. The van der Waals surface area contributed by atoms with Gasteiger partial charge in [0.1, 0.15) is 0 Å². The molecule has 0 amide bonds. The molecule has 0 aliphatic rings. The van der Waals surface area contributed by atoms with E-state index in [9.17, 15) is 0 Å². The molecular weight excluding hydrogens is 328 g/mol. The molecule has 0 fully saturated rings. The predicted molar refractivity (Wildman–Crippen MR) is 120 cm³/mol. The van der Waals surface area contributed by atoms with Crippen LogP contribution in [-0.2, 0) is 0 Å². The summed E-state index contributed by atoms with van der Waals surface area (Å²) in [5, 5.41) is 0. The van der Waals surface area contributed by atoms with E-state index >= 15 is 0 Å². The van der Waals surface area contributed by atoms with Gasteiger partial charge in [0, 0.05) is 0 Å². The second-order valence-electron chi connectivity index (χ2n) is 7.15. The molecule has 0 unspecified atom stereocenters. The molecule has 144 valence electrons. The molecule has 0 heterocycles. The molecule has 0 radical (unpaired) electrons. The van der Waals surface area contributed by atoms with Crippen LogP contribution in [0.2, 0.25) is 0 Å². The summed E-state index contributed by atoms with van der Waals surface area (Å²) in [5.74, 6) is 2.12. The lowest BCUT2D eigenvalue weighted by Gasteiger charge is -2.01. The number of unbranched alkanes of at least 4 members (excludes halogenated alkanes) is 16. The maximum atomic E-state index is 4.25. The summed E-state index contributed by atoms with van der Waals surface area (Å²) in [6, 6.07) is 0. The highest BCUT2D eigenvalue weighted by Gasteiger charge is 1.92. The zero-order valence-electron chi connectivity index (χ0n) is 16.2. The van der Waals surface area contributed by atoms with Gasteiger partial charge in [-0.2, -0.15) is 25.3 Å². The molecule has 0 spiro atoms.